The summed E-state index contributed by atoms with van der Waals surface area (Å²) in [5.41, 5.74) is 0.731. The highest BCUT2D eigenvalue weighted by Crippen LogP contribution is 2.32. The Balaban J connectivity index is 2.01. The van der Waals surface area contributed by atoms with Gasteiger partial charge in [-0.05, 0) is 50.8 Å². The average molecular weight is 397 g/mol. The van der Waals surface area contributed by atoms with Crippen molar-refractivity contribution in [3.05, 3.63) is 19.2 Å². The maximum absolute atomic E-state index is 12.2. The summed E-state index contributed by atoms with van der Waals surface area (Å²) >= 11 is 8.31. The van der Waals surface area contributed by atoms with E-state index in [1.807, 2.05) is 6.07 Å². The Labute approximate surface area is 127 Å². The quantitative estimate of drug-likeness (QED) is 0.750. The number of thiophene rings is 1. The van der Waals surface area contributed by atoms with Crippen molar-refractivity contribution in [1.29, 1.82) is 0 Å². The molecule has 1 aromatic heterocycles. The molecule has 1 saturated carbocycles. The molecule has 100 valence electrons. The van der Waals surface area contributed by atoms with Gasteiger partial charge in [0.2, 0.25) is 0 Å². The first kappa shape index (κ1) is 14.7. The van der Waals surface area contributed by atoms with Gasteiger partial charge >= 0.3 is 0 Å². The summed E-state index contributed by atoms with van der Waals surface area (Å²) in [5.74, 6) is 0.115. The van der Waals surface area contributed by atoms with Crippen molar-refractivity contribution >= 4 is 49.0 Å². The number of hydrogen-bond acceptors (Lipinski definition) is 4. The highest BCUT2D eigenvalue weighted by atomic mass is 79.9. The fourth-order valence-electron chi connectivity index (χ4n) is 2.07. The summed E-state index contributed by atoms with van der Waals surface area (Å²) in [4.78, 5) is 14.3. The molecule has 3 nitrogen and oxygen atoms in total. The lowest BCUT2D eigenvalue weighted by atomic mass is 9.91. The molecule has 18 heavy (non-hydrogen) atoms. The largest absolute Gasteiger partial charge is 0.395 e. The van der Waals surface area contributed by atoms with Crippen LogP contribution in [0.1, 0.15) is 29.6 Å². The predicted octanol–water partition coefficient (Wildman–Crippen LogP) is 3.30. The molecule has 2 rings (SSSR count). The monoisotopic (exact) mass is 395 g/mol. The number of carbonyl (C=O) groups excluding carboxylic acids is 1. The van der Waals surface area contributed by atoms with Crippen molar-refractivity contribution in [3.8, 4) is 0 Å². The van der Waals surface area contributed by atoms with Crippen LogP contribution in [-0.4, -0.2) is 41.5 Å². The summed E-state index contributed by atoms with van der Waals surface area (Å²) in [5, 5.41) is 9.08. The highest BCUT2D eigenvalue weighted by Gasteiger charge is 2.27. The lowest BCUT2D eigenvalue weighted by molar-refractivity contribution is 0.0747. The standard InChI is InChI=1S/C12H15Br2NO2S/c13-11-6-9(12(14)18-11)10(17)7-15(4-5-16)8-2-1-3-8/h6,8,16H,1-5,7H2. The second kappa shape index (κ2) is 6.61. The van der Waals surface area contributed by atoms with Crippen molar-refractivity contribution in [2.24, 2.45) is 0 Å². The van der Waals surface area contributed by atoms with Crippen molar-refractivity contribution in [3.63, 3.8) is 0 Å². The zero-order valence-corrected chi connectivity index (χ0v) is 13.9. The lowest BCUT2D eigenvalue weighted by Gasteiger charge is -2.36. The summed E-state index contributed by atoms with van der Waals surface area (Å²) in [6.45, 7) is 1.09. The third-order valence-corrected chi connectivity index (χ3v) is 5.62. The number of ketones is 1. The molecule has 0 saturated heterocycles. The van der Waals surface area contributed by atoms with Gasteiger partial charge in [-0.15, -0.1) is 11.3 Å². The van der Waals surface area contributed by atoms with Gasteiger partial charge in [0.1, 0.15) is 0 Å². The molecule has 0 bridgehead atoms. The summed E-state index contributed by atoms with van der Waals surface area (Å²) in [6.07, 6.45) is 3.51. The van der Waals surface area contributed by atoms with E-state index in [0.717, 1.165) is 26.0 Å². The second-order valence-electron chi connectivity index (χ2n) is 4.44. The van der Waals surface area contributed by atoms with Crippen LogP contribution in [0.4, 0.5) is 0 Å². The van der Waals surface area contributed by atoms with E-state index in [-0.39, 0.29) is 12.4 Å². The van der Waals surface area contributed by atoms with E-state index in [2.05, 4.69) is 36.8 Å². The Bertz CT molecular complexity index is 432. The van der Waals surface area contributed by atoms with Crippen LogP contribution < -0.4 is 0 Å². The van der Waals surface area contributed by atoms with E-state index >= 15 is 0 Å². The molecule has 0 spiro atoms. The molecule has 6 heteroatoms. The smallest absolute Gasteiger partial charge is 0.178 e. The number of halogens is 2. The molecule has 1 N–H and O–H groups in total. The molecule has 0 unspecified atom stereocenters. The lowest BCUT2D eigenvalue weighted by Crippen LogP contribution is -2.44. The van der Waals surface area contributed by atoms with Gasteiger partial charge in [-0.2, -0.15) is 0 Å². The number of carbonyl (C=O) groups is 1. The zero-order chi connectivity index (χ0) is 13.1. The Hall–Kier alpha value is 0.250. The SMILES string of the molecule is O=C(CN(CCO)C1CCC1)c1cc(Br)sc1Br. The number of aliphatic hydroxyl groups excluding tert-OH is 1. The minimum atomic E-state index is 0.109. The van der Waals surface area contributed by atoms with Crippen LogP contribution in [0.5, 0.6) is 0 Å². The summed E-state index contributed by atoms with van der Waals surface area (Å²) in [7, 11) is 0. The van der Waals surface area contributed by atoms with Gasteiger partial charge in [0.05, 0.1) is 20.7 Å². The number of rotatable bonds is 6. The van der Waals surface area contributed by atoms with Gasteiger partial charge in [0.15, 0.2) is 5.78 Å². The second-order valence-corrected chi connectivity index (χ2v) is 8.19. The van der Waals surface area contributed by atoms with Gasteiger partial charge < -0.3 is 5.11 Å². The maximum Gasteiger partial charge on any atom is 0.178 e. The van der Waals surface area contributed by atoms with E-state index in [1.54, 1.807) is 0 Å². The molecule has 0 atom stereocenters. The van der Waals surface area contributed by atoms with E-state index in [9.17, 15) is 4.79 Å². The average Bonchev–Trinajstić information content (AvgIpc) is 2.55. The zero-order valence-electron chi connectivity index (χ0n) is 9.86. The third kappa shape index (κ3) is 3.42. The van der Waals surface area contributed by atoms with Gasteiger partial charge in [-0.25, -0.2) is 0 Å². The van der Waals surface area contributed by atoms with Crippen LogP contribution in [0.2, 0.25) is 0 Å². The molecular formula is C12H15Br2NO2S. The fraction of sp³-hybridized carbons (Fsp3) is 0.583. The number of nitrogens with zero attached hydrogens (tertiary/aromatic N) is 1. The Morgan fingerprint density at radius 1 is 1.50 bits per heavy atom. The first-order valence-corrected chi connectivity index (χ1v) is 8.35. The van der Waals surface area contributed by atoms with E-state index < -0.39 is 0 Å². The highest BCUT2D eigenvalue weighted by molar-refractivity contribution is 9.12. The molecule has 0 aromatic carbocycles. The van der Waals surface area contributed by atoms with Gasteiger partial charge in [-0.3, -0.25) is 9.69 Å². The van der Waals surface area contributed by atoms with Crippen molar-refractivity contribution < 1.29 is 9.90 Å². The van der Waals surface area contributed by atoms with Crippen LogP contribution >= 0.6 is 43.2 Å². The van der Waals surface area contributed by atoms with Crippen molar-refractivity contribution in [1.82, 2.24) is 4.90 Å². The number of Topliss-reactive ketones (excluding diaryl/α,β-unsaturated/α-hetero) is 1. The first-order valence-electron chi connectivity index (χ1n) is 5.94. The normalized spacial score (nSPS) is 16.0. The Morgan fingerprint density at radius 2 is 2.22 bits per heavy atom. The first-order chi connectivity index (χ1) is 8.61. The molecule has 0 aliphatic heterocycles. The summed E-state index contributed by atoms with van der Waals surface area (Å²) in [6, 6.07) is 2.33. The molecule has 1 aliphatic rings. The molecular weight excluding hydrogens is 382 g/mol. The van der Waals surface area contributed by atoms with E-state index in [4.69, 9.17) is 5.11 Å². The van der Waals surface area contributed by atoms with Crippen LogP contribution in [0.25, 0.3) is 0 Å². The van der Waals surface area contributed by atoms with Gasteiger partial charge in [-0.1, -0.05) is 6.42 Å². The summed E-state index contributed by atoms with van der Waals surface area (Å²) < 4.78 is 1.83. The molecule has 0 radical (unpaired) electrons. The Kier molecular flexibility index (Phi) is 5.38. The Morgan fingerprint density at radius 3 is 2.67 bits per heavy atom. The maximum atomic E-state index is 12.2. The molecule has 1 aromatic rings. The van der Waals surface area contributed by atoms with Crippen LogP contribution in [0, 0.1) is 0 Å². The number of hydrogen-bond donors (Lipinski definition) is 1. The van der Waals surface area contributed by atoms with Crippen molar-refractivity contribution in [2.45, 2.75) is 25.3 Å². The molecule has 1 heterocycles. The predicted molar refractivity (Wildman–Crippen MR) is 80.3 cm³/mol. The van der Waals surface area contributed by atoms with Crippen LogP contribution in [0.15, 0.2) is 13.6 Å². The number of aliphatic hydroxyl groups is 1. The third-order valence-electron chi connectivity index (χ3n) is 3.28. The minimum absolute atomic E-state index is 0.109. The van der Waals surface area contributed by atoms with Crippen molar-refractivity contribution in [2.75, 3.05) is 19.7 Å². The van der Waals surface area contributed by atoms with Crippen LogP contribution in [-0.2, 0) is 0 Å². The molecule has 1 fully saturated rings. The van der Waals surface area contributed by atoms with Gasteiger partial charge in [0, 0.05) is 18.2 Å². The topological polar surface area (TPSA) is 40.5 Å². The minimum Gasteiger partial charge on any atom is -0.395 e. The van der Waals surface area contributed by atoms with E-state index in [1.165, 1.54) is 17.8 Å². The van der Waals surface area contributed by atoms with E-state index in [0.29, 0.717) is 19.1 Å². The molecule has 1 aliphatic carbocycles. The van der Waals surface area contributed by atoms with Gasteiger partial charge in [0.25, 0.3) is 0 Å². The molecule has 0 amide bonds. The van der Waals surface area contributed by atoms with Crippen LogP contribution in [0.3, 0.4) is 0 Å². The fourth-order valence-corrected chi connectivity index (χ4v) is 4.93.